The Hall–Kier alpha value is -2.28. The topological polar surface area (TPSA) is 63.6 Å². The average Bonchev–Trinajstić information content (AvgIpc) is 3.00. The first-order valence-electron chi connectivity index (χ1n) is 6.95. The quantitative estimate of drug-likeness (QED) is 0.534. The van der Waals surface area contributed by atoms with Crippen LogP contribution in [0.1, 0.15) is 0 Å². The number of thiazole rings is 1. The van der Waals surface area contributed by atoms with Crippen LogP contribution < -0.4 is 5.32 Å². The fourth-order valence-electron chi connectivity index (χ4n) is 2.24. The zero-order valence-corrected chi connectivity index (χ0v) is 14.4. The van der Waals surface area contributed by atoms with Crippen molar-refractivity contribution in [3.05, 3.63) is 59.1 Å². The van der Waals surface area contributed by atoms with Crippen molar-refractivity contribution in [2.45, 2.75) is 0 Å². The minimum Gasteiger partial charge on any atom is -0.322 e. The zero-order chi connectivity index (χ0) is 16.5. The first-order chi connectivity index (χ1) is 11.7. The first kappa shape index (κ1) is 15.3. The molecular formula is C16H9Cl2N5S. The minimum absolute atomic E-state index is 0.568. The van der Waals surface area contributed by atoms with E-state index in [9.17, 15) is 0 Å². The molecule has 0 fully saturated rings. The predicted octanol–water partition coefficient (Wildman–Crippen LogP) is 5.20. The molecule has 0 saturated heterocycles. The number of rotatable bonds is 3. The lowest BCUT2D eigenvalue weighted by molar-refractivity contribution is 1.19. The lowest BCUT2D eigenvalue weighted by atomic mass is 10.2. The van der Waals surface area contributed by atoms with E-state index in [2.05, 4.69) is 25.3 Å². The summed E-state index contributed by atoms with van der Waals surface area (Å²) in [4.78, 5) is 17.3. The van der Waals surface area contributed by atoms with Gasteiger partial charge in [0.25, 0.3) is 0 Å². The zero-order valence-electron chi connectivity index (χ0n) is 12.1. The van der Waals surface area contributed by atoms with Gasteiger partial charge in [-0.15, -0.1) is 11.3 Å². The summed E-state index contributed by atoms with van der Waals surface area (Å²) in [6, 6.07) is 7.25. The molecule has 1 N–H and O–H groups in total. The summed E-state index contributed by atoms with van der Waals surface area (Å²) in [6.45, 7) is 0. The summed E-state index contributed by atoms with van der Waals surface area (Å²) in [5, 5.41) is 5.04. The van der Waals surface area contributed by atoms with E-state index in [0.717, 1.165) is 20.8 Å². The van der Waals surface area contributed by atoms with Gasteiger partial charge in [0.05, 0.1) is 26.5 Å². The van der Waals surface area contributed by atoms with E-state index < -0.39 is 0 Å². The van der Waals surface area contributed by atoms with Crippen LogP contribution in [-0.2, 0) is 0 Å². The van der Waals surface area contributed by atoms with E-state index in [1.807, 2.05) is 12.1 Å². The third-order valence-corrected chi connectivity index (χ3v) is 5.02. The number of hydrogen-bond acceptors (Lipinski definition) is 6. The fourth-order valence-corrected chi connectivity index (χ4v) is 4.01. The molecule has 0 bridgehead atoms. The van der Waals surface area contributed by atoms with Crippen LogP contribution in [0.3, 0.4) is 0 Å². The van der Waals surface area contributed by atoms with Crippen molar-refractivity contribution in [2.75, 3.05) is 5.32 Å². The Morgan fingerprint density at radius 2 is 1.79 bits per heavy atom. The number of nitrogens with zero attached hydrogens (tertiary/aromatic N) is 4. The van der Waals surface area contributed by atoms with Gasteiger partial charge in [0.2, 0.25) is 0 Å². The number of aromatic nitrogens is 4. The normalized spacial score (nSPS) is 10.9. The molecule has 0 atom stereocenters. The monoisotopic (exact) mass is 373 g/mol. The Morgan fingerprint density at radius 1 is 0.958 bits per heavy atom. The van der Waals surface area contributed by atoms with Crippen molar-refractivity contribution in [3.63, 3.8) is 0 Å². The van der Waals surface area contributed by atoms with Crippen LogP contribution in [0, 0.1) is 0 Å². The Kier molecular flexibility index (Phi) is 4.02. The lowest BCUT2D eigenvalue weighted by Gasteiger charge is -2.03. The molecule has 0 unspecified atom stereocenters. The third kappa shape index (κ3) is 2.80. The van der Waals surface area contributed by atoms with E-state index in [1.54, 1.807) is 36.9 Å². The highest BCUT2D eigenvalue weighted by Gasteiger charge is 2.15. The maximum Gasteiger partial charge on any atom is 0.151 e. The van der Waals surface area contributed by atoms with Gasteiger partial charge in [-0.3, -0.25) is 4.98 Å². The molecule has 0 amide bonds. The second-order valence-electron chi connectivity index (χ2n) is 4.84. The molecule has 0 radical (unpaired) electrons. The van der Waals surface area contributed by atoms with Crippen molar-refractivity contribution in [3.8, 4) is 10.6 Å². The van der Waals surface area contributed by atoms with E-state index >= 15 is 0 Å². The van der Waals surface area contributed by atoms with Gasteiger partial charge >= 0.3 is 0 Å². The van der Waals surface area contributed by atoms with Crippen molar-refractivity contribution < 1.29 is 0 Å². The van der Waals surface area contributed by atoms with Crippen LogP contribution in [0.4, 0.5) is 11.6 Å². The summed E-state index contributed by atoms with van der Waals surface area (Å²) in [6.07, 6.45) is 6.56. The Bertz CT molecular complexity index is 999. The fraction of sp³-hybridized carbons (Fsp3) is 0. The van der Waals surface area contributed by atoms with Gasteiger partial charge in [0, 0.05) is 24.2 Å². The highest BCUT2D eigenvalue weighted by atomic mass is 35.5. The number of fused-ring (bicyclic) bond motifs is 1. The van der Waals surface area contributed by atoms with Crippen LogP contribution >= 0.6 is 34.5 Å². The van der Waals surface area contributed by atoms with Gasteiger partial charge in [0.1, 0.15) is 10.8 Å². The molecule has 4 aromatic rings. The van der Waals surface area contributed by atoms with Gasteiger partial charge in [0.15, 0.2) is 5.82 Å². The second kappa shape index (κ2) is 6.32. The van der Waals surface area contributed by atoms with Gasteiger partial charge in [-0.2, -0.15) is 0 Å². The molecule has 0 aliphatic carbocycles. The van der Waals surface area contributed by atoms with E-state index in [-0.39, 0.29) is 0 Å². The second-order valence-corrected chi connectivity index (χ2v) is 6.65. The highest BCUT2D eigenvalue weighted by molar-refractivity contribution is 7.22. The molecule has 3 heterocycles. The molecule has 1 aromatic carbocycles. The number of anilines is 2. The Labute approximate surface area is 151 Å². The van der Waals surface area contributed by atoms with Crippen molar-refractivity contribution in [2.24, 2.45) is 0 Å². The molecule has 0 saturated carbocycles. The number of hydrogen-bond donors (Lipinski definition) is 1. The number of halogens is 2. The van der Waals surface area contributed by atoms with Crippen molar-refractivity contribution >= 4 is 56.4 Å². The number of nitrogens with one attached hydrogen (secondary N) is 1. The Morgan fingerprint density at radius 3 is 2.54 bits per heavy atom. The molecule has 24 heavy (non-hydrogen) atoms. The molecule has 3 aromatic heterocycles. The SMILES string of the molecule is Clc1cccc(Cl)c1-c1nc2ccnc(Nc3cnccn3)c2s1. The average molecular weight is 374 g/mol. The molecule has 118 valence electrons. The molecule has 8 heteroatoms. The van der Waals surface area contributed by atoms with Crippen LogP contribution in [0.25, 0.3) is 20.8 Å². The smallest absolute Gasteiger partial charge is 0.151 e. The van der Waals surface area contributed by atoms with E-state index in [4.69, 9.17) is 23.2 Å². The summed E-state index contributed by atoms with van der Waals surface area (Å²) in [7, 11) is 0. The predicted molar refractivity (Wildman–Crippen MR) is 98.2 cm³/mol. The Balaban J connectivity index is 1.83. The summed E-state index contributed by atoms with van der Waals surface area (Å²) >= 11 is 14.1. The molecule has 0 aliphatic rings. The standard InChI is InChI=1S/C16H9Cl2N5S/c17-9-2-1-3-10(18)13(9)16-22-11-4-5-21-15(14(11)24-16)23-12-8-19-6-7-20-12/h1-8H,(H,20,21,23). The number of benzene rings is 1. The minimum atomic E-state index is 0.568. The van der Waals surface area contributed by atoms with Gasteiger partial charge in [-0.1, -0.05) is 29.3 Å². The molecule has 0 aliphatic heterocycles. The van der Waals surface area contributed by atoms with Crippen LogP contribution in [0.15, 0.2) is 49.1 Å². The largest absolute Gasteiger partial charge is 0.322 e. The van der Waals surface area contributed by atoms with Crippen LogP contribution in [0.5, 0.6) is 0 Å². The molecule has 5 nitrogen and oxygen atoms in total. The molecular weight excluding hydrogens is 365 g/mol. The first-order valence-corrected chi connectivity index (χ1v) is 8.52. The van der Waals surface area contributed by atoms with Crippen LogP contribution in [0.2, 0.25) is 10.0 Å². The van der Waals surface area contributed by atoms with Crippen LogP contribution in [-0.4, -0.2) is 19.9 Å². The maximum atomic E-state index is 6.29. The third-order valence-electron chi connectivity index (χ3n) is 3.29. The summed E-state index contributed by atoms with van der Waals surface area (Å²) in [5.41, 5.74) is 1.54. The molecule has 0 spiro atoms. The van der Waals surface area contributed by atoms with Crippen molar-refractivity contribution in [1.29, 1.82) is 0 Å². The lowest BCUT2D eigenvalue weighted by Crippen LogP contribution is -1.95. The maximum absolute atomic E-state index is 6.29. The highest BCUT2D eigenvalue weighted by Crippen LogP contribution is 2.40. The molecule has 4 rings (SSSR count). The summed E-state index contributed by atoms with van der Waals surface area (Å²) in [5.74, 6) is 1.28. The summed E-state index contributed by atoms with van der Waals surface area (Å²) < 4.78 is 0.897. The van der Waals surface area contributed by atoms with E-state index in [1.165, 1.54) is 11.3 Å². The van der Waals surface area contributed by atoms with Gasteiger partial charge < -0.3 is 5.32 Å². The van der Waals surface area contributed by atoms with Gasteiger partial charge in [-0.25, -0.2) is 15.0 Å². The van der Waals surface area contributed by atoms with Gasteiger partial charge in [-0.05, 0) is 18.2 Å². The van der Waals surface area contributed by atoms with E-state index in [0.29, 0.717) is 21.7 Å². The number of pyridine rings is 1. The van der Waals surface area contributed by atoms with Crippen molar-refractivity contribution in [1.82, 2.24) is 19.9 Å².